The van der Waals surface area contributed by atoms with Crippen molar-refractivity contribution >= 4 is 17.7 Å². The van der Waals surface area contributed by atoms with E-state index >= 15 is 0 Å². The van der Waals surface area contributed by atoms with Crippen molar-refractivity contribution in [3.05, 3.63) is 0 Å². The molecular formula is C11H16F3N3O3. The fraction of sp³-hybridized carbons (Fsp3) is 0.727. The monoisotopic (exact) mass is 295 g/mol. The summed E-state index contributed by atoms with van der Waals surface area (Å²) >= 11 is 0. The van der Waals surface area contributed by atoms with E-state index in [4.69, 9.17) is 0 Å². The summed E-state index contributed by atoms with van der Waals surface area (Å²) < 4.78 is 37.1. The van der Waals surface area contributed by atoms with Crippen LogP contribution >= 0.6 is 0 Å². The Kier molecular flexibility index (Phi) is 5.34. The van der Waals surface area contributed by atoms with E-state index in [9.17, 15) is 27.6 Å². The number of likely N-dealkylation sites (tertiary alicyclic amines) is 1. The van der Waals surface area contributed by atoms with Crippen LogP contribution in [0.2, 0.25) is 0 Å². The molecule has 6 nitrogen and oxygen atoms in total. The largest absolute Gasteiger partial charge is 0.471 e. The molecule has 1 unspecified atom stereocenters. The summed E-state index contributed by atoms with van der Waals surface area (Å²) in [7, 11) is 0. The van der Waals surface area contributed by atoms with Gasteiger partial charge < -0.3 is 15.5 Å². The number of hydrogen-bond acceptors (Lipinski definition) is 3. The van der Waals surface area contributed by atoms with Gasteiger partial charge in [0.1, 0.15) is 6.04 Å². The van der Waals surface area contributed by atoms with Gasteiger partial charge >= 0.3 is 12.1 Å². The predicted octanol–water partition coefficient (Wildman–Crippen LogP) is -0.208. The van der Waals surface area contributed by atoms with Crippen LogP contribution in [0.15, 0.2) is 0 Å². The van der Waals surface area contributed by atoms with Gasteiger partial charge in [-0.05, 0) is 12.8 Å². The number of carbonyl (C=O) groups is 3. The number of rotatable bonds is 4. The molecule has 0 bridgehead atoms. The van der Waals surface area contributed by atoms with Crippen LogP contribution in [-0.2, 0) is 14.4 Å². The van der Waals surface area contributed by atoms with E-state index in [1.165, 1.54) is 6.92 Å². The van der Waals surface area contributed by atoms with Crippen molar-refractivity contribution in [3.63, 3.8) is 0 Å². The number of amides is 3. The second-order valence-electron chi connectivity index (χ2n) is 4.43. The molecule has 1 heterocycles. The maximum atomic E-state index is 12.4. The van der Waals surface area contributed by atoms with Crippen molar-refractivity contribution in [2.24, 2.45) is 0 Å². The first kappa shape index (κ1) is 16.3. The normalized spacial score (nSPS) is 18.8. The lowest BCUT2D eigenvalue weighted by Crippen LogP contribution is -2.50. The summed E-state index contributed by atoms with van der Waals surface area (Å²) in [6.45, 7) is 1.51. The Bertz CT molecular complexity index is 398. The number of carbonyl (C=O) groups excluding carboxylic acids is 3. The van der Waals surface area contributed by atoms with Gasteiger partial charge in [0.05, 0.1) is 0 Å². The van der Waals surface area contributed by atoms with Gasteiger partial charge in [0.15, 0.2) is 0 Å². The van der Waals surface area contributed by atoms with E-state index in [1.54, 1.807) is 0 Å². The van der Waals surface area contributed by atoms with Crippen LogP contribution in [-0.4, -0.2) is 54.5 Å². The highest BCUT2D eigenvalue weighted by Gasteiger charge is 2.47. The molecule has 3 amide bonds. The van der Waals surface area contributed by atoms with Crippen LogP contribution in [0.3, 0.4) is 0 Å². The number of nitrogens with one attached hydrogen (secondary N) is 2. The minimum absolute atomic E-state index is 0.0812. The first-order chi connectivity index (χ1) is 9.23. The second kappa shape index (κ2) is 6.58. The summed E-state index contributed by atoms with van der Waals surface area (Å²) in [5.41, 5.74) is 0. The molecular weight excluding hydrogens is 279 g/mol. The lowest BCUT2D eigenvalue weighted by Gasteiger charge is -2.24. The molecule has 0 aromatic heterocycles. The number of alkyl halides is 3. The van der Waals surface area contributed by atoms with Crippen molar-refractivity contribution in [2.45, 2.75) is 32.0 Å². The molecule has 0 aromatic rings. The average Bonchev–Trinajstić information content (AvgIpc) is 2.80. The highest BCUT2D eigenvalue weighted by molar-refractivity contribution is 5.90. The maximum absolute atomic E-state index is 12.4. The van der Waals surface area contributed by atoms with E-state index in [0.29, 0.717) is 11.3 Å². The van der Waals surface area contributed by atoms with Crippen molar-refractivity contribution in [2.75, 3.05) is 19.6 Å². The fourth-order valence-electron chi connectivity index (χ4n) is 1.99. The summed E-state index contributed by atoms with van der Waals surface area (Å²) in [6.07, 6.45) is -4.42. The topological polar surface area (TPSA) is 78.5 Å². The molecule has 20 heavy (non-hydrogen) atoms. The Labute approximate surface area is 113 Å². The Morgan fingerprint density at radius 3 is 2.35 bits per heavy atom. The van der Waals surface area contributed by atoms with Gasteiger partial charge in [-0.15, -0.1) is 0 Å². The van der Waals surface area contributed by atoms with Gasteiger partial charge in [0, 0.05) is 26.6 Å². The molecule has 1 saturated heterocycles. The van der Waals surface area contributed by atoms with Gasteiger partial charge in [0.25, 0.3) is 0 Å². The van der Waals surface area contributed by atoms with Crippen molar-refractivity contribution in [3.8, 4) is 0 Å². The van der Waals surface area contributed by atoms with Gasteiger partial charge in [-0.1, -0.05) is 0 Å². The molecule has 1 rings (SSSR count). The molecule has 114 valence electrons. The first-order valence-corrected chi connectivity index (χ1v) is 6.13. The Morgan fingerprint density at radius 2 is 1.80 bits per heavy atom. The standard InChI is InChI=1S/C11H16F3N3O3/c1-7(18)15-4-5-16-9(19)8-3-2-6-17(8)10(20)11(12,13)14/h8H,2-6H2,1H3,(H,15,18)(H,16,19). The Morgan fingerprint density at radius 1 is 1.20 bits per heavy atom. The third-order valence-corrected chi connectivity index (χ3v) is 2.86. The third-order valence-electron chi connectivity index (χ3n) is 2.86. The average molecular weight is 295 g/mol. The zero-order chi connectivity index (χ0) is 15.3. The second-order valence-corrected chi connectivity index (χ2v) is 4.43. The Balaban J connectivity index is 2.50. The molecule has 1 aliphatic heterocycles. The van der Waals surface area contributed by atoms with E-state index in [0.717, 1.165) is 0 Å². The van der Waals surface area contributed by atoms with Crippen molar-refractivity contribution < 1.29 is 27.6 Å². The van der Waals surface area contributed by atoms with Crippen molar-refractivity contribution in [1.82, 2.24) is 15.5 Å². The van der Waals surface area contributed by atoms with Crippen LogP contribution in [0.1, 0.15) is 19.8 Å². The Hall–Kier alpha value is -1.80. The van der Waals surface area contributed by atoms with Crippen molar-refractivity contribution in [1.29, 1.82) is 0 Å². The summed E-state index contributed by atoms with van der Waals surface area (Å²) in [4.78, 5) is 34.1. The number of hydrogen-bond donors (Lipinski definition) is 2. The molecule has 0 spiro atoms. The van der Waals surface area contributed by atoms with Crippen LogP contribution in [0.4, 0.5) is 13.2 Å². The third kappa shape index (κ3) is 4.39. The summed E-state index contributed by atoms with van der Waals surface area (Å²) in [5, 5.41) is 4.84. The molecule has 1 atom stereocenters. The fourth-order valence-corrected chi connectivity index (χ4v) is 1.99. The first-order valence-electron chi connectivity index (χ1n) is 6.13. The number of nitrogens with zero attached hydrogens (tertiary/aromatic N) is 1. The van der Waals surface area contributed by atoms with Gasteiger partial charge in [-0.25, -0.2) is 0 Å². The molecule has 0 aromatic carbocycles. The van der Waals surface area contributed by atoms with Gasteiger partial charge in [-0.2, -0.15) is 13.2 Å². The molecule has 0 saturated carbocycles. The molecule has 1 fully saturated rings. The predicted molar refractivity (Wildman–Crippen MR) is 62.5 cm³/mol. The minimum Gasteiger partial charge on any atom is -0.355 e. The van der Waals surface area contributed by atoms with Crippen LogP contribution in [0, 0.1) is 0 Å². The molecule has 0 aliphatic carbocycles. The van der Waals surface area contributed by atoms with E-state index in [1.807, 2.05) is 0 Å². The van der Waals surface area contributed by atoms with E-state index in [2.05, 4.69) is 10.6 Å². The maximum Gasteiger partial charge on any atom is 0.471 e. The molecule has 1 aliphatic rings. The quantitative estimate of drug-likeness (QED) is 0.705. The van der Waals surface area contributed by atoms with Crippen LogP contribution in [0.5, 0.6) is 0 Å². The van der Waals surface area contributed by atoms with E-state index < -0.39 is 24.0 Å². The van der Waals surface area contributed by atoms with Gasteiger partial charge in [0.2, 0.25) is 11.8 Å². The molecule has 2 N–H and O–H groups in total. The smallest absolute Gasteiger partial charge is 0.355 e. The van der Waals surface area contributed by atoms with E-state index in [-0.39, 0.29) is 32.0 Å². The van der Waals surface area contributed by atoms with Crippen LogP contribution < -0.4 is 10.6 Å². The lowest BCUT2D eigenvalue weighted by atomic mass is 10.2. The highest BCUT2D eigenvalue weighted by atomic mass is 19.4. The lowest BCUT2D eigenvalue weighted by molar-refractivity contribution is -0.186. The zero-order valence-electron chi connectivity index (χ0n) is 10.9. The molecule has 9 heteroatoms. The SMILES string of the molecule is CC(=O)NCCNC(=O)C1CCCN1C(=O)C(F)(F)F. The van der Waals surface area contributed by atoms with Gasteiger partial charge in [-0.3, -0.25) is 14.4 Å². The number of halogens is 3. The minimum atomic E-state index is -4.97. The molecule has 0 radical (unpaired) electrons. The zero-order valence-corrected chi connectivity index (χ0v) is 10.9. The van der Waals surface area contributed by atoms with Crippen LogP contribution in [0.25, 0.3) is 0 Å². The summed E-state index contributed by atoms with van der Waals surface area (Å²) in [5.74, 6) is -2.89. The summed E-state index contributed by atoms with van der Waals surface area (Å²) in [6, 6.07) is -1.10. The highest BCUT2D eigenvalue weighted by Crippen LogP contribution is 2.25.